The number of nitrogens with one attached hydrogen (secondary N) is 1. The molecule has 6 heteroatoms. The molecule has 0 unspecified atom stereocenters. The van der Waals surface area contributed by atoms with Crippen molar-refractivity contribution in [2.24, 2.45) is 0 Å². The highest BCUT2D eigenvalue weighted by Crippen LogP contribution is 2.17. The first kappa shape index (κ1) is 23.7. The Morgan fingerprint density at radius 3 is 2.43 bits per heavy atom. The number of ether oxygens (including phenoxy) is 1. The maximum absolute atomic E-state index is 13.0. The summed E-state index contributed by atoms with van der Waals surface area (Å²) in [5.41, 5.74) is 0.506. The van der Waals surface area contributed by atoms with Crippen molar-refractivity contribution in [3.05, 3.63) is 65.2 Å². The maximum atomic E-state index is 13.0. The monoisotopic (exact) mass is 430 g/mol. The Morgan fingerprint density at radius 1 is 1.10 bits per heavy atom. The molecule has 0 aliphatic carbocycles. The molecule has 2 amide bonds. The molecule has 0 aromatic heterocycles. The fourth-order valence-electron chi connectivity index (χ4n) is 2.96. The summed E-state index contributed by atoms with van der Waals surface area (Å²) in [6, 6.07) is 16.2. The van der Waals surface area contributed by atoms with Gasteiger partial charge >= 0.3 is 0 Å². The molecule has 2 aromatic carbocycles. The van der Waals surface area contributed by atoms with Crippen LogP contribution in [0.3, 0.4) is 0 Å². The van der Waals surface area contributed by atoms with Gasteiger partial charge in [-0.1, -0.05) is 41.9 Å². The number of nitrogens with zero attached hydrogens (tertiary/aromatic N) is 1. The standard InChI is InChI=1S/C24H31ClN2O3/c1-18(23(29)26-24(2,3)4)27(17-19-10-8-11-20(25)16-19)22(28)14-9-15-30-21-12-6-5-7-13-21/h5-8,10-13,16,18H,9,14-15,17H2,1-4H3,(H,26,29)/t18-/m0/s1. The molecule has 5 nitrogen and oxygen atoms in total. The van der Waals surface area contributed by atoms with Crippen LogP contribution in [0.1, 0.15) is 46.1 Å². The van der Waals surface area contributed by atoms with Crippen molar-refractivity contribution in [3.8, 4) is 5.75 Å². The van der Waals surface area contributed by atoms with Crippen molar-refractivity contribution in [2.45, 2.75) is 58.7 Å². The minimum absolute atomic E-state index is 0.0943. The summed E-state index contributed by atoms with van der Waals surface area (Å²) >= 11 is 6.10. The van der Waals surface area contributed by atoms with Crippen molar-refractivity contribution in [1.82, 2.24) is 10.2 Å². The van der Waals surface area contributed by atoms with Gasteiger partial charge in [-0.15, -0.1) is 0 Å². The predicted molar refractivity (Wildman–Crippen MR) is 121 cm³/mol. The van der Waals surface area contributed by atoms with E-state index in [2.05, 4.69) is 5.32 Å². The molecule has 162 valence electrons. The van der Waals surface area contributed by atoms with Crippen molar-refractivity contribution in [2.75, 3.05) is 6.61 Å². The Morgan fingerprint density at radius 2 is 1.80 bits per heavy atom. The lowest BCUT2D eigenvalue weighted by atomic mass is 10.1. The van der Waals surface area contributed by atoms with E-state index in [4.69, 9.17) is 16.3 Å². The van der Waals surface area contributed by atoms with Crippen molar-refractivity contribution >= 4 is 23.4 Å². The van der Waals surface area contributed by atoms with E-state index in [1.165, 1.54) is 0 Å². The number of carbonyl (C=O) groups is 2. The van der Waals surface area contributed by atoms with Gasteiger partial charge in [-0.3, -0.25) is 9.59 Å². The zero-order chi connectivity index (χ0) is 22.1. The van der Waals surface area contributed by atoms with Gasteiger partial charge in [-0.2, -0.15) is 0 Å². The molecule has 2 rings (SSSR count). The zero-order valence-corrected chi connectivity index (χ0v) is 18.9. The second-order valence-electron chi connectivity index (χ2n) is 8.33. The van der Waals surface area contributed by atoms with Crippen molar-refractivity contribution in [3.63, 3.8) is 0 Å². The third-order valence-corrected chi connectivity index (χ3v) is 4.69. The first-order valence-electron chi connectivity index (χ1n) is 10.2. The van der Waals surface area contributed by atoms with Crippen LogP contribution in [0.4, 0.5) is 0 Å². The molecule has 0 heterocycles. The summed E-state index contributed by atoms with van der Waals surface area (Å²) in [5, 5.41) is 3.56. The summed E-state index contributed by atoms with van der Waals surface area (Å²) in [7, 11) is 0. The van der Waals surface area contributed by atoms with Gasteiger partial charge in [0.1, 0.15) is 11.8 Å². The smallest absolute Gasteiger partial charge is 0.242 e. The second kappa shape index (κ2) is 11.0. The van der Waals surface area contributed by atoms with Gasteiger partial charge in [0.15, 0.2) is 0 Å². The summed E-state index contributed by atoms with van der Waals surface area (Å²) in [6.07, 6.45) is 0.855. The van der Waals surface area contributed by atoms with E-state index in [-0.39, 0.29) is 17.4 Å². The first-order chi connectivity index (χ1) is 14.2. The largest absolute Gasteiger partial charge is 0.494 e. The van der Waals surface area contributed by atoms with Gasteiger partial charge in [0.2, 0.25) is 11.8 Å². The normalized spacial score (nSPS) is 12.2. The number of rotatable bonds is 9. The predicted octanol–water partition coefficient (Wildman–Crippen LogP) is 4.83. The second-order valence-corrected chi connectivity index (χ2v) is 8.77. The van der Waals surface area contributed by atoms with Crippen LogP contribution in [-0.4, -0.2) is 34.9 Å². The number of hydrogen-bond donors (Lipinski definition) is 1. The molecule has 0 aliphatic heterocycles. The van der Waals surface area contributed by atoms with Crippen LogP contribution in [0.2, 0.25) is 5.02 Å². The topological polar surface area (TPSA) is 58.6 Å². The van der Waals surface area contributed by atoms with E-state index in [0.29, 0.717) is 31.0 Å². The number of para-hydroxylation sites is 1. The quantitative estimate of drug-likeness (QED) is 0.579. The molecule has 0 aliphatic rings. The van der Waals surface area contributed by atoms with Crippen LogP contribution in [0.5, 0.6) is 5.75 Å². The number of carbonyl (C=O) groups excluding carboxylic acids is 2. The molecule has 0 bridgehead atoms. The van der Waals surface area contributed by atoms with Gasteiger partial charge < -0.3 is 15.0 Å². The number of amides is 2. The Kier molecular flexibility index (Phi) is 8.72. The van der Waals surface area contributed by atoms with E-state index in [1.807, 2.05) is 69.3 Å². The van der Waals surface area contributed by atoms with Crippen LogP contribution in [-0.2, 0) is 16.1 Å². The molecule has 0 saturated heterocycles. The average Bonchev–Trinajstić information content (AvgIpc) is 2.68. The Bertz CT molecular complexity index is 834. The van der Waals surface area contributed by atoms with Crippen LogP contribution >= 0.6 is 11.6 Å². The minimum Gasteiger partial charge on any atom is -0.494 e. The lowest BCUT2D eigenvalue weighted by molar-refractivity contribution is -0.141. The maximum Gasteiger partial charge on any atom is 0.242 e. The number of benzene rings is 2. The van der Waals surface area contributed by atoms with Gasteiger partial charge in [-0.25, -0.2) is 0 Å². The lowest BCUT2D eigenvalue weighted by Gasteiger charge is -2.31. The average molecular weight is 431 g/mol. The summed E-state index contributed by atoms with van der Waals surface area (Å²) in [5.74, 6) is 0.500. The zero-order valence-electron chi connectivity index (χ0n) is 18.2. The van der Waals surface area contributed by atoms with Crippen LogP contribution < -0.4 is 10.1 Å². The molecule has 2 aromatic rings. The van der Waals surface area contributed by atoms with E-state index < -0.39 is 6.04 Å². The van der Waals surface area contributed by atoms with Crippen LogP contribution in [0.15, 0.2) is 54.6 Å². The Balaban J connectivity index is 2.03. The summed E-state index contributed by atoms with van der Waals surface area (Å²) in [4.78, 5) is 27.3. The molecular formula is C24H31ClN2O3. The Labute approximate surface area is 184 Å². The van der Waals surface area contributed by atoms with Crippen molar-refractivity contribution in [1.29, 1.82) is 0 Å². The molecule has 0 saturated carbocycles. The molecular weight excluding hydrogens is 400 g/mol. The molecule has 0 spiro atoms. The van der Waals surface area contributed by atoms with E-state index in [1.54, 1.807) is 17.9 Å². The first-order valence-corrected chi connectivity index (χ1v) is 10.6. The summed E-state index contributed by atoms with van der Waals surface area (Å²) in [6.45, 7) is 8.26. The Hall–Kier alpha value is -2.53. The highest BCUT2D eigenvalue weighted by molar-refractivity contribution is 6.30. The van der Waals surface area contributed by atoms with Crippen LogP contribution in [0.25, 0.3) is 0 Å². The summed E-state index contributed by atoms with van der Waals surface area (Å²) < 4.78 is 5.68. The van der Waals surface area contributed by atoms with Gasteiger partial charge in [0, 0.05) is 23.5 Å². The number of hydrogen-bond acceptors (Lipinski definition) is 3. The molecule has 0 radical (unpaired) electrons. The fraction of sp³-hybridized carbons (Fsp3) is 0.417. The molecule has 30 heavy (non-hydrogen) atoms. The van der Waals surface area contributed by atoms with Gasteiger partial charge in [0.05, 0.1) is 6.61 Å². The lowest BCUT2D eigenvalue weighted by Crippen LogP contribution is -2.52. The third kappa shape index (κ3) is 8.07. The molecule has 1 N–H and O–H groups in total. The van der Waals surface area contributed by atoms with Gasteiger partial charge in [0.25, 0.3) is 0 Å². The third-order valence-electron chi connectivity index (χ3n) is 4.45. The fourth-order valence-corrected chi connectivity index (χ4v) is 3.18. The highest BCUT2D eigenvalue weighted by Gasteiger charge is 2.28. The number of halogens is 1. The van der Waals surface area contributed by atoms with Gasteiger partial charge in [-0.05, 0) is 63.9 Å². The molecule has 0 fully saturated rings. The van der Waals surface area contributed by atoms with E-state index in [9.17, 15) is 9.59 Å². The van der Waals surface area contributed by atoms with E-state index >= 15 is 0 Å². The van der Waals surface area contributed by atoms with Crippen LogP contribution in [0, 0.1) is 0 Å². The van der Waals surface area contributed by atoms with E-state index in [0.717, 1.165) is 11.3 Å². The van der Waals surface area contributed by atoms with Crippen molar-refractivity contribution < 1.29 is 14.3 Å². The highest BCUT2D eigenvalue weighted by atomic mass is 35.5. The SMILES string of the molecule is C[C@@H](C(=O)NC(C)(C)C)N(Cc1cccc(Cl)c1)C(=O)CCCOc1ccccc1. The molecule has 1 atom stereocenters. The minimum atomic E-state index is -0.606.